The molecular formula is C44H35NO2. The lowest BCUT2D eigenvalue weighted by atomic mass is 9.70. The van der Waals surface area contributed by atoms with Crippen LogP contribution in [0, 0.1) is 0 Å². The fourth-order valence-corrected chi connectivity index (χ4v) is 7.84. The zero-order chi connectivity index (χ0) is 31.9. The normalized spacial score (nSPS) is 15.2. The quantitative estimate of drug-likeness (QED) is 0.199. The third kappa shape index (κ3) is 4.06. The maximum Gasteiger partial charge on any atom is 0.145 e. The lowest BCUT2D eigenvalue weighted by Crippen LogP contribution is -2.27. The van der Waals surface area contributed by atoms with Crippen LogP contribution in [0.4, 0.5) is 17.1 Å². The first-order chi connectivity index (χ1) is 22.8. The summed E-state index contributed by atoms with van der Waals surface area (Å²) in [5.74, 6) is 1.85. The second-order valence-electron chi connectivity index (χ2n) is 13.8. The average molecular weight is 610 g/mol. The number of fused-ring (bicyclic) bond motifs is 8. The van der Waals surface area contributed by atoms with Crippen molar-refractivity contribution in [3.05, 3.63) is 161 Å². The molecule has 2 heterocycles. The maximum atomic E-state index is 6.83. The standard InChI is InChI=1S/C44H35NO2/c1-43(2)33-20-12-14-22-39(33)46-40-25-28-23-24-31-35(44(3,4)34(28)26-36(40)43)27-37(41-32-19-11-13-21-38(32)47-42(31)41)45(29-15-7-5-8-16-29)30-17-9-6-10-18-30/h5-27H,1-4H3. The maximum absolute atomic E-state index is 6.83. The summed E-state index contributed by atoms with van der Waals surface area (Å²) in [4.78, 5) is 2.37. The lowest BCUT2D eigenvalue weighted by molar-refractivity contribution is 0.416. The van der Waals surface area contributed by atoms with Gasteiger partial charge in [0.05, 0.1) is 11.1 Å². The Labute approximate surface area is 275 Å². The van der Waals surface area contributed by atoms with E-state index in [1.165, 1.54) is 22.3 Å². The van der Waals surface area contributed by atoms with Gasteiger partial charge in [0.15, 0.2) is 0 Å². The molecule has 1 aliphatic carbocycles. The molecule has 228 valence electrons. The molecule has 0 spiro atoms. The number of rotatable bonds is 3. The number of hydrogen-bond acceptors (Lipinski definition) is 3. The number of furan rings is 1. The van der Waals surface area contributed by atoms with Crippen molar-refractivity contribution in [2.45, 2.75) is 38.5 Å². The molecule has 0 unspecified atom stereocenters. The van der Waals surface area contributed by atoms with Crippen LogP contribution >= 0.6 is 0 Å². The van der Waals surface area contributed by atoms with E-state index in [1.54, 1.807) is 0 Å². The van der Waals surface area contributed by atoms with E-state index in [-0.39, 0.29) is 10.8 Å². The van der Waals surface area contributed by atoms with Gasteiger partial charge < -0.3 is 14.1 Å². The van der Waals surface area contributed by atoms with E-state index in [4.69, 9.17) is 9.15 Å². The van der Waals surface area contributed by atoms with Crippen molar-refractivity contribution in [3.63, 3.8) is 0 Å². The first kappa shape index (κ1) is 27.7. The Kier molecular flexibility index (Phi) is 5.89. The molecule has 2 aliphatic rings. The summed E-state index contributed by atoms with van der Waals surface area (Å²) in [5, 5.41) is 2.21. The smallest absolute Gasteiger partial charge is 0.145 e. The van der Waals surface area contributed by atoms with Crippen LogP contribution in [0.3, 0.4) is 0 Å². The van der Waals surface area contributed by atoms with Crippen LogP contribution in [0.15, 0.2) is 132 Å². The first-order valence-electron chi connectivity index (χ1n) is 16.4. The van der Waals surface area contributed by atoms with Crippen LogP contribution in [0.2, 0.25) is 0 Å². The van der Waals surface area contributed by atoms with Crippen molar-refractivity contribution in [1.29, 1.82) is 0 Å². The highest BCUT2D eigenvalue weighted by atomic mass is 16.5. The van der Waals surface area contributed by atoms with Crippen LogP contribution in [-0.2, 0) is 10.8 Å². The average Bonchev–Trinajstić information content (AvgIpc) is 3.44. The highest BCUT2D eigenvalue weighted by Crippen LogP contribution is 2.53. The number of nitrogens with zero attached hydrogens (tertiary/aromatic N) is 1. The molecule has 0 atom stereocenters. The highest BCUT2D eigenvalue weighted by Gasteiger charge is 2.39. The van der Waals surface area contributed by atoms with Crippen LogP contribution in [0.1, 0.15) is 61.1 Å². The largest absolute Gasteiger partial charge is 0.457 e. The van der Waals surface area contributed by atoms with Gasteiger partial charge >= 0.3 is 0 Å². The SMILES string of the molecule is CC1(C)c2ccccc2Oc2cc3c(cc21)C(C)(C)c1cc(N(c2ccccc2)c2ccccc2)c2c(oc4ccccc42)c1C=C3. The predicted octanol–water partition coefficient (Wildman–Crippen LogP) is 12.3. The molecule has 3 nitrogen and oxygen atoms in total. The molecule has 3 heteroatoms. The Hall–Kier alpha value is -5.54. The Balaban J connectivity index is 1.35. The molecule has 9 rings (SSSR count). The van der Waals surface area contributed by atoms with E-state index in [0.717, 1.165) is 61.6 Å². The van der Waals surface area contributed by atoms with Crippen LogP contribution < -0.4 is 9.64 Å². The lowest BCUT2D eigenvalue weighted by Gasteiger charge is -2.37. The van der Waals surface area contributed by atoms with Gasteiger partial charge in [-0.25, -0.2) is 0 Å². The molecule has 7 aromatic rings. The third-order valence-corrected chi connectivity index (χ3v) is 10.3. The Morgan fingerprint density at radius 3 is 1.91 bits per heavy atom. The second-order valence-corrected chi connectivity index (χ2v) is 13.8. The van der Waals surface area contributed by atoms with Gasteiger partial charge in [-0.2, -0.15) is 0 Å². The molecular weight excluding hydrogens is 574 g/mol. The molecule has 0 radical (unpaired) electrons. The zero-order valence-corrected chi connectivity index (χ0v) is 27.0. The van der Waals surface area contributed by atoms with Crippen molar-refractivity contribution in [3.8, 4) is 11.5 Å². The van der Waals surface area contributed by atoms with Gasteiger partial charge in [0.1, 0.15) is 22.7 Å². The zero-order valence-electron chi connectivity index (χ0n) is 27.0. The summed E-state index contributed by atoms with van der Waals surface area (Å²) in [6.07, 6.45) is 4.50. The molecule has 0 bridgehead atoms. The fourth-order valence-electron chi connectivity index (χ4n) is 7.84. The minimum absolute atomic E-state index is 0.209. The van der Waals surface area contributed by atoms with E-state index in [1.807, 2.05) is 6.07 Å². The summed E-state index contributed by atoms with van der Waals surface area (Å²) in [7, 11) is 0. The van der Waals surface area contributed by atoms with Gasteiger partial charge in [-0.3, -0.25) is 0 Å². The molecule has 0 saturated heterocycles. The van der Waals surface area contributed by atoms with Crippen molar-refractivity contribution in [1.82, 2.24) is 0 Å². The van der Waals surface area contributed by atoms with Gasteiger partial charge in [0.25, 0.3) is 0 Å². The van der Waals surface area contributed by atoms with Crippen molar-refractivity contribution in [2.75, 3.05) is 4.90 Å². The summed E-state index contributed by atoms with van der Waals surface area (Å²) >= 11 is 0. The Bertz CT molecular complexity index is 2340. The van der Waals surface area contributed by atoms with Crippen molar-refractivity contribution in [2.24, 2.45) is 0 Å². The summed E-state index contributed by atoms with van der Waals surface area (Å²) in [6.45, 7) is 9.31. The van der Waals surface area contributed by atoms with E-state index >= 15 is 0 Å². The van der Waals surface area contributed by atoms with Crippen molar-refractivity contribution < 1.29 is 9.15 Å². The fraction of sp³-hybridized carbons (Fsp3) is 0.136. The summed E-state index contributed by atoms with van der Waals surface area (Å²) in [5.41, 5.74) is 11.7. The van der Waals surface area contributed by atoms with E-state index in [9.17, 15) is 0 Å². The topological polar surface area (TPSA) is 25.6 Å². The second kappa shape index (κ2) is 9.98. The number of hydrogen-bond donors (Lipinski definition) is 0. The molecule has 47 heavy (non-hydrogen) atoms. The first-order valence-corrected chi connectivity index (χ1v) is 16.4. The van der Waals surface area contributed by atoms with Gasteiger partial charge in [0, 0.05) is 44.3 Å². The predicted molar refractivity (Wildman–Crippen MR) is 195 cm³/mol. The van der Waals surface area contributed by atoms with Gasteiger partial charge in [0.2, 0.25) is 0 Å². The minimum Gasteiger partial charge on any atom is -0.457 e. The highest BCUT2D eigenvalue weighted by molar-refractivity contribution is 6.16. The molecule has 0 amide bonds. The molecule has 1 aliphatic heterocycles. The minimum atomic E-state index is -0.364. The molecule has 6 aromatic carbocycles. The molecule has 0 saturated carbocycles. The van der Waals surface area contributed by atoms with Crippen LogP contribution in [0.5, 0.6) is 11.5 Å². The number of anilines is 3. The van der Waals surface area contributed by atoms with Gasteiger partial charge in [-0.05, 0) is 71.3 Å². The van der Waals surface area contributed by atoms with Gasteiger partial charge in [-0.15, -0.1) is 0 Å². The van der Waals surface area contributed by atoms with E-state index < -0.39 is 0 Å². The van der Waals surface area contributed by atoms with Crippen LogP contribution in [0.25, 0.3) is 34.1 Å². The molecule has 1 aromatic heterocycles. The summed E-state index contributed by atoms with van der Waals surface area (Å²) in [6, 6.07) is 45.2. The van der Waals surface area contributed by atoms with Crippen molar-refractivity contribution >= 4 is 51.2 Å². The number of para-hydroxylation sites is 4. The molecule has 0 fully saturated rings. The summed E-state index contributed by atoms with van der Waals surface area (Å²) < 4.78 is 13.4. The number of benzene rings is 6. The Morgan fingerprint density at radius 1 is 0.532 bits per heavy atom. The van der Waals surface area contributed by atoms with Gasteiger partial charge in [-0.1, -0.05) is 113 Å². The monoisotopic (exact) mass is 609 g/mol. The molecule has 0 N–H and O–H groups in total. The third-order valence-electron chi connectivity index (χ3n) is 10.3. The Morgan fingerprint density at radius 2 is 1.17 bits per heavy atom. The van der Waals surface area contributed by atoms with Crippen LogP contribution in [-0.4, -0.2) is 0 Å². The van der Waals surface area contributed by atoms with E-state index in [0.29, 0.717) is 0 Å². The number of ether oxygens (including phenoxy) is 1. The van der Waals surface area contributed by atoms with E-state index in [2.05, 4.69) is 166 Å².